The van der Waals surface area contributed by atoms with Gasteiger partial charge in [-0.3, -0.25) is 19.9 Å². The molecule has 0 spiro atoms. The molecule has 27 heavy (non-hydrogen) atoms. The molecule has 1 amide bonds. The van der Waals surface area contributed by atoms with E-state index in [1.54, 1.807) is 42.6 Å². The van der Waals surface area contributed by atoms with E-state index in [0.717, 1.165) is 11.8 Å². The third kappa shape index (κ3) is 4.92. The zero-order valence-corrected chi connectivity index (χ0v) is 13.9. The SMILES string of the molecule is O=C(N/N=C\c1ccc(Oc2ccc([N+](=O)[O-])cn2)cc1)c1cccnc1. The first-order valence-electron chi connectivity index (χ1n) is 7.73. The van der Waals surface area contributed by atoms with Crippen molar-refractivity contribution in [2.24, 2.45) is 5.10 Å². The Bertz CT molecular complexity index is 957. The van der Waals surface area contributed by atoms with E-state index in [4.69, 9.17) is 4.74 Å². The summed E-state index contributed by atoms with van der Waals surface area (Å²) < 4.78 is 5.51. The molecular formula is C18H13N5O4. The summed E-state index contributed by atoms with van der Waals surface area (Å²) >= 11 is 0. The van der Waals surface area contributed by atoms with Gasteiger partial charge in [0, 0.05) is 24.5 Å². The zero-order valence-electron chi connectivity index (χ0n) is 13.9. The molecule has 1 N–H and O–H groups in total. The highest BCUT2D eigenvalue weighted by molar-refractivity contribution is 5.94. The van der Waals surface area contributed by atoms with Crippen LogP contribution in [0.4, 0.5) is 5.69 Å². The summed E-state index contributed by atoms with van der Waals surface area (Å²) in [5.74, 6) is 0.391. The average Bonchev–Trinajstić information content (AvgIpc) is 2.70. The summed E-state index contributed by atoms with van der Waals surface area (Å²) in [5.41, 5.74) is 3.45. The minimum atomic E-state index is -0.530. The van der Waals surface area contributed by atoms with Crippen LogP contribution in [-0.2, 0) is 0 Å². The van der Waals surface area contributed by atoms with E-state index in [0.29, 0.717) is 11.3 Å². The number of rotatable bonds is 6. The van der Waals surface area contributed by atoms with Gasteiger partial charge < -0.3 is 4.74 Å². The summed E-state index contributed by atoms with van der Waals surface area (Å²) in [6, 6.07) is 12.9. The third-order valence-corrected chi connectivity index (χ3v) is 3.34. The molecule has 134 valence electrons. The number of aromatic nitrogens is 2. The molecule has 0 saturated carbocycles. The maximum Gasteiger partial charge on any atom is 0.287 e. The number of hydrogen-bond acceptors (Lipinski definition) is 7. The fourth-order valence-corrected chi connectivity index (χ4v) is 2.01. The van der Waals surface area contributed by atoms with Gasteiger partial charge in [0.25, 0.3) is 11.6 Å². The van der Waals surface area contributed by atoms with Crippen molar-refractivity contribution in [3.8, 4) is 11.6 Å². The topological polar surface area (TPSA) is 120 Å². The van der Waals surface area contributed by atoms with E-state index in [2.05, 4.69) is 20.5 Å². The Labute approximate surface area is 153 Å². The largest absolute Gasteiger partial charge is 0.439 e. The maximum absolute atomic E-state index is 11.8. The van der Waals surface area contributed by atoms with Gasteiger partial charge in [-0.25, -0.2) is 10.4 Å². The highest BCUT2D eigenvalue weighted by atomic mass is 16.6. The molecule has 0 aliphatic heterocycles. The van der Waals surface area contributed by atoms with Crippen LogP contribution in [0.15, 0.2) is 72.2 Å². The van der Waals surface area contributed by atoms with Crippen molar-refractivity contribution < 1.29 is 14.5 Å². The number of nitrogens with one attached hydrogen (secondary N) is 1. The number of nitrogens with zero attached hydrogens (tertiary/aromatic N) is 4. The van der Waals surface area contributed by atoms with Crippen LogP contribution in [-0.4, -0.2) is 27.0 Å². The molecule has 0 radical (unpaired) electrons. The molecule has 3 aromatic rings. The second kappa shape index (κ2) is 8.30. The summed E-state index contributed by atoms with van der Waals surface area (Å²) in [5, 5.41) is 14.5. The lowest BCUT2D eigenvalue weighted by Crippen LogP contribution is -2.17. The maximum atomic E-state index is 11.8. The average molecular weight is 363 g/mol. The first kappa shape index (κ1) is 17.7. The van der Waals surface area contributed by atoms with Gasteiger partial charge in [0.2, 0.25) is 5.88 Å². The minimum Gasteiger partial charge on any atom is -0.439 e. The molecule has 0 aliphatic carbocycles. The summed E-state index contributed by atoms with van der Waals surface area (Å²) in [7, 11) is 0. The standard InChI is InChI=1S/C18H13N5O4/c24-18(14-2-1-9-19-11-14)22-21-10-13-3-6-16(7-4-13)27-17-8-5-15(12-20-17)23(25)26/h1-12H,(H,22,24)/b21-10-. The molecule has 0 saturated heterocycles. The monoisotopic (exact) mass is 363 g/mol. The van der Waals surface area contributed by atoms with Crippen molar-refractivity contribution in [2.45, 2.75) is 0 Å². The molecule has 0 fully saturated rings. The van der Waals surface area contributed by atoms with Crippen LogP contribution in [0.5, 0.6) is 11.6 Å². The number of amides is 1. The van der Waals surface area contributed by atoms with Gasteiger partial charge in [-0.05, 0) is 42.0 Å². The zero-order chi connectivity index (χ0) is 19.1. The van der Waals surface area contributed by atoms with E-state index in [1.807, 2.05) is 0 Å². The third-order valence-electron chi connectivity index (χ3n) is 3.34. The highest BCUT2D eigenvalue weighted by Crippen LogP contribution is 2.21. The van der Waals surface area contributed by atoms with Crippen LogP contribution in [0.3, 0.4) is 0 Å². The van der Waals surface area contributed by atoms with Gasteiger partial charge >= 0.3 is 0 Å². The smallest absolute Gasteiger partial charge is 0.287 e. The molecule has 9 nitrogen and oxygen atoms in total. The lowest BCUT2D eigenvalue weighted by atomic mass is 10.2. The number of benzene rings is 1. The Morgan fingerprint density at radius 2 is 1.96 bits per heavy atom. The van der Waals surface area contributed by atoms with E-state index in [9.17, 15) is 14.9 Å². The van der Waals surface area contributed by atoms with E-state index >= 15 is 0 Å². The van der Waals surface area contributed by atoms with Crippen LogP contribution in [0.1, 0.15) is 15.9 Å². The van der Waals surface area contributed by atoms with Gasteiger partial charge in [-0.2, -0.15) is 5.10 Å². The number of pyridine rings is 2. The number of carbonyl (C=O) groups excluding carboxylic acids is 1. The quantitative estimate of drug-likeness (QED) is 0.408. The van der Waals surface area contributed by atoms with Gasteiger partial charge in [-0.15, -0.1) is 0 Å². The molecule has 3 rings (SSSR count). The second-order valence-electron chi connectivity index (χ2n) is 5.22. The molecule has 2 heterocycles. The van der Waals surface area contributed by atoms with E-state index in [1.165, 1.54) is 24.5 Å². The van der Waals surface area contributed by atoms with Crippen LogP contribution >= 0.6 is 0 Å². The molecule has 0 atom stereocenters. The number of ether oxygens (including phenoxy) is 1. The Morgan fingerprint density at radius 3 is 2.59 bits per heavy atom. The van der Waals surface area contributed by atoms with Crippen molar-refractivity contribution in [2.75, 3.05) is 0 Å². The van der Waals surface area contributed by atoms with Crippen LogP contribution in [0.2, 0.25) is 0 Å². The Morgan fingerprint density at radius 1 is 1.15 bits per heavy atom. The minimum absolute atomic E-state index is 0.109. The summed E-state index contributed by atoms with van der Waals surface area (Å²) in [4.78, 5) is 29.6. The molecule has 0 bridgehead atoms. The van der Waals surface area contributed by atoms with Crippen molar-refractivity contribution in [3.63, 3.8) is 0 Å². The van der Waals surface area contributed by atoms with Crippen molar-refractivity contribution in [1.82, 2.24) is 15.4 Å². The molecule has 0 aliphatic rings. The van der Waals surface area contributed by atoms with E-state index < -0.39 is 4.92 Å². The predicted molar refractivity (Wildman–Crippen MR) is 96.7 cm³/mol. The molecule has 2 aromatic heterocycles. The number of carbonyl (C=O) groups is 1. The number of nitro groups is 1. The highest BCUT2D eigenvalue weighted by Gasteiger charge is 2.06. The van der Waals surface area contributed by atoms with Crippen molar-refractivity contribution in [3.05, 3.63) is 88.4 Å². The lowest BCUT2D eigenvalue weighted by molar-refractivity contribution is -0.385. The van der Waals surface area contributed by atoms with Crippen LogP contribution in [0, 0.1) is 10.1 Å². The molecule has 0 unspecified atom stereocenters. The van der Waals surface area contributed by atoms with Gasteiger partial charge in [0.1, 0.15) is 11.9 Å². The fraction of sp³-hybridized carbons (Fsp3) is 0. The van der Waals surface area contributed by atoms with Gasteiger partial charge in [-0.1, -0.05) is 0 Å². The van der Waals surface area contributed by atoms with Crippen LogP contribution in [0.25, 0.3) is 0 Å². The molecular weight excluding hydrogens is 350 g/mol. The normalized spacial score (nSPS) is 10.5. The fourth-order valence-electron chi connectivity index (χ4n) is 2.01. The number of hydrogen-bond donors (Lipinski definition) is 1. The Balaban J connectivity index is 1.56. The Hall–Kier alpha value is -4.14. The first-order valence-corrected chi connectivity index (χ1v) is 7.73. The second-order valence-corrected chi connectivity index (χ2v) is 5.22. The van der Waals surface area contributed by atoms with Gasteiger partial charge in [0.15, 0.2) is 0 Å². The van der Waals surface area contributed by atoms with Crippen molar-refractivity contribution >= 4 is 17.8 Å². The summed E-state index contributed by atoms with van der Waals surface area (Å²) in [6.45, 7) is 0. The Kier molecular flexibility index (Phi) is 5.43. The van der Waals surface area contributed by atoms with Crippen molar-refractivity contribution in [1.29, 1.82) is 0 Å². The molecule has 9 heteroatoms. The molecule has 1 aromatic carbocycles. The predicted octanol–water partition coefficient (Wildman–Crippen LogP) is 2.94. The lowest BCUT2D eigenvalue weighted by Gasteiger charge is -2.04. The first-order chi connectivity index (χ1) is 13.1. The van der Waals surface area contributed by atoms with E-state index in [-0.39, 0.29) is 17.5 Å². The summed E-state index contributed by atoms with van der Waals surface area (Å²) in [6.07, 6.45) is 5.64. The van der Waals surface area contributed by atoms with Crippen LogP contribution < -0.4 is 10.2 Å². The number of hydrazone groups is 1. The van der Waals surface area contributed by atoms with Gasteiger partial charge in [0.05, 0.1) is 16.7 Å².